The highest BCUT2D eigenvalue weighted by Gasteiger charge is 2.35. The average molecular weight is 428 g/mol. The van der Waals surface area contributed by atoms with Crippen molar-refractivity contribution in [3.8, 4) is 0 Å². The second-order valence-electron chi connectivity index (χ2n) is 9.16. The number of carbonyl (C=O) groups is 2. The van der Waals surface area contributed by atoms with E-state index in [0.717, 1.165) is 12.1 Å². The quantitative estimate of drug-likeness (QED) is 0.417. The normalized spacial score (nSPS) is 15.0. The number of benzene rings is 1. The van der Waals surface area contributed by atoms with Gasteiger partial charge in [-0.2, -0.15) is 13.2 Å². The Kier molecular flexibility index (Phi) is 8.29. The maximum Gasteiger partial charge on any atom is 0.416 e. The molecule has 0 radical (unpaired) electrons. The summed E-state index contributed by atoms with van der Waals surface area (Å²) in [6, 6.07) is 4.60. The monoisotopic (exact) mass is 428 g/mol. The van der Waals surface area contributed by atoms with E-state index in [9.17, 15) is 22.8 Å². The van der Waals surface area contributed by atoms with Gasteiger partial charge >= 0.3 is 18.1 Å². The maximum atomic E-state index is 12.9. The SMILES string of the molecule is C/C=C/[C@H](c1ccc(C(F)(F)F)cc1)[C@H](COC(=O)C(C)(C)C)C(=O)OC(C)(C)C. The van der Waals surface area contributed by atoms with E-state index in [1.54, 1.807) is 60.6 Å². The van der Waals surface area contributed by atoms with Crippen molar-refractivity contribution >= 4 is 11.9 Å². The lowest BCUT2D eigenvalue weighted by Gasteiger charge is -2.29. The topological polar surface area (TPSA) is 52.6 Å². The van der Waals surface area contributed by atoms with E-state index in [-0.39, 0.29) is 6.61 Å². The number of hydrogen-bond donors (Lipinski definition) is 0. The molecule has 1 aromatic rings. The van der Waals surface area contributed by atoms with Gasteiger partial charge in [-0.05, 0) is 66.2 Å². The lowest BCUT2D eigenvalue weighted by atomic mass is 9.85. The van der Waals surface area contributed by atoms with Crippen molar-refractivity contribution in [2.75, 3.05) is 6.61 Å². The van der Waals surface area contributed by atoms with Crippen LogP contribution in [-0.2, 0) is 25.2 Å². The third-order valence-corrected chi connectivity index (χ3v) is 4.17. The van der Waals surface area contributed by atoms with Crippen LogP contribution in [0.2, 0.25) is 0 Å². The molecule has 0 aliphatic heterocycles. The maximum absolute atomic E-state index is 12.9. The van der Waals surface area contributed by atoms with Crippen LogP contribution >= 0.6 is 0 Å². The summed E-state index contributed by atoms with van der Waals surface area (Å²) in [5.74, 6) is -2.61. The zero-order chi connectivity index (χ0) is 23.3. The minimum absolute atomic E-state index is 0.249. The lowest BCUT2D eigenvalue weighted by molar-refractivity contribution is -0.166. The first-order chi connectivity index (χ1) is 13.6. The predicted octanol–water partition coefficient (Wildman–Crippen LogP) is 5.91. The first-order valence-electron chi connectivity index (χ1n) is 9.76. The van der Waals surface area contributed by atoms with E-state index in [1.165, 1.54) is 12.1 Å². The van der Waals surface area contributed by atoms with E-state index >= 15 is 0 Å². The molecule has 0 aliphatic rings. The van der Waals surface area contributed by atoms with Crippen molar-refractivity contribution in [2.45, 2.75) is 66.2 Å². The van der Waals surface area contributed by atoms with Crippen molar-refractivity contribution in [2.24, 2.45) is 11.3 Å². The van der Waals surface area contributed by atoms with Gasteiger partial charge in [0, 0.05) is 5.92 Å². The fourth-order valence-corrected chi connectivity index (χ4v) is 2.66. The largest absolute Gasteiger partial charge is 0.464 e. The highest BCUT2D eigenvalue weighted by molar-refractivity contribution is 5.77. The van der Waals surface area contributed by atoms with E-state index in [2.05, 4.69) is 0 Å². The minimum atomic E-state index is -4.46. The molecule has 0 saturated heterocycles. The molecule has 0 aromatic heterocycles. The number of esters is 2. The first kappa shape index (κ1) is 25.7. The van der Waals surface area contributed by atoms with Gasteiger partial charge in [0.05, 0.1) is 11.0 Å². The van der Waals surface area contributed by atoms with Crippen LogP contribution in [0.4, 0.5) is 13.2 Å². The molecule has 0 N–H and O–H groups in total. The third-order valence-electron chi connectivity index (χ3n) is 4.17. The molecule has 4 nitrogen and oxygen atoms in total. The number of rotatable bonds is 6. The van der Waals surface area contributed by atoms with Crippen LogP contribution < -0.4 is 0 Å². The Hall–Kier alpha value is -2.31. The molecule has 30 heavy (non-hydrogen) atoms. The third kappa shape index (κ3) is 7.84. The summed E-state index contributed by atoms with van der Waals surface area (Å²) in [7, 11) is 0. The Labute approximate surface area is 176 Å². The van der Waals surface area contributed by atoms with Crippen LogP contribution in [-0.4, -0.2) is 24.1 Å². The molecule has 0 saturated carbocycles. The first-order valence-corrected chi connectivity index (χ1v) is 9.76. The van der Waals surface area contributed by atoms with Crippen molar-refractivity contribution in [3.05, 3.63) is 47.5 Å². The van der Waals surface area contributed by atoms with Crippen LogP contribution in [0.15, 0.2) is 36.4 Å². The zero-order valence-corrected chi connectivity index (χ0v) is 18.6. The van der Waals surface area contributed by atoms with Crippen molar-refractivity contribution in [1.82, 2.24) is 0 Å². The summed E-state index contributed by atoms with van der Waals surface area (Å²) in [5.41, 5.74) is -1.82. The molecule has 0 amide bonds. The van der Waals surface area contributed by atoms with Crippen LogP contribution in [0, 0.1) is 11.3 Å². The van der Waals surface area contributed by atoms with Gasteiger partial charge in [0.15, 0.2) is 0 Å². The van der Waals surface area contributed by atoms with Crippen molar-refractivity contribution < 1.29 is 32.2 Å². The number of hydrogen-bond acceptors (Lipinski definition) is 4. The number of ether oxygens (including phenoxy) is 2. The molecule has 0 unspecified atom stereocenters. The Bertz CT molecular complexity index is 751. The molecule has 0 spiro atoms. The summed E-state index contributed by atoms with van der Waals surface area (Å²) in [6.07, 6.45) is -1.06. The molecule has 7 heteroatoms. The number of carbonyl (C=O) groups excluding carboxylic acids is 2. The second kappa shape index (κ2) is 9.67. The van der Waals surface area contributed by atoms with Gasteiger partial charge < -0.3 is 9.47 Å². The summed E-state index contributed by atoms with van der Waals surface area (Å²) < 4.78 is 49.6. The van der Waals surface area contributed by atoms with Gasteiger partial charge in [0.25, 0.3) is 0 Å². The molecule has 0 heterocycles. The molecule has 0 aliphatic carbocycles. The molecule has 0 bridgehead atoms. The predicted molar refractivity (Wildman–Crippen MR) is 109 cm³/mol. The second-order valence-corrected chi connectivity index (χ2v) is 9.16. The van der Waals surface area contributed by atoms with E-state index < -0.39 is 46.5 Å². The van der Waals surface area contributed by atoms with Gasteiger partial charge in [-0.3, -0.25) is 9.59 Å². The molecule has 0 fully saturated rings. The van der Waals surface area contributed by atoms with Gasteiger partial charge in [0.1, 0.15) is 18.1 Å². The van der Waals surface area contributed by atoms with Crippen molar-refractivity contribution in [3.63, 3.8) is 0 Å². The summed E-state index contributed by atoms with van der Waals surface area (Å²) in [6.45, 7) is 11.7. The summed E-state index contributed by atoms with van der Waals surface area (Å²) >= 11 is 0. The molecular formula is C23H31F3O4. The average Bonchev–Trinajstić information content (AvgIpc) is 2.57. The minimum Gasteiger partial charge on any atom is -0.464 e. The molecule has 1 rings (SSSR count). The van der Waals surface area contributed by atoms with E-state index in [4.69, 9.17) is 9.47 Å². The Morgan fingerprint density at radius 1 is 1.00 bits per heavy atom. The van der Waals surface area contributed by atoms with Gasteiger partial charge in [-0.15, -0.1) is 0 Å². The molecular weight excluding hydrogens is 397 g/mol. The van der Waals surface area contributed by atoms with Crippen LogP contribution in [0.5, 0.6) is 0 Å². The zero-order valence-electron chi connectivity index (χ0n) is 18.6. The Balaban J connectivity index is 3.29. The van der Waals surface area contributed by atoms with E-state index in [1.807, 2.05) is 0 Å². The highest BCUT2D eigenvalue weighted by Crippen LogP contribution is 2.34. The number of allylic oxidation sites excluding steroid dienone is 2. The fraction of sp³-hybridized carbons (Fsp3) is 0.565. The standard InChI is InChI=1S/C23H31F3O4/c1-8-9-17(15-10-12-16(13-11-15)23(24,25)26)18(19(27)30-22(5,6)7)14-29-20(28)21(2,3)4/h8-13,17-18H,14H2,1-7H3/b9-8+/t17-,18+/m1/s1. The van der Waals surface area contributed by atoms with Crippen molar-refractivity contribution in [1.29, 1.82) is 0 Å². The van der Waals surface area contributed by atoms with Gasteiger partial charge in [-0.1, -0.05) is 24.3 Å². The van der Waals surface area contributed by atoms with Crippen LogP contribution in [0.1, 0.15) is 65.5 Å². The number of alkyl halides is 3. The smallest absolute Gasteiger partial charge is 0.416 e. The number of halogens is 3. The van der Waals surface area contributed by atoms with Gasteiger partial charge in [0.2, 0.25) is 0 Å². The van der Waals surface area contributed by atoms with E-state index in [0.29, 0.717) is 5.56 Å². The van der Waals surface area contributed by atoms with Gasteiger partial charge in [-0.25, -0.2) is 0 Å². The Morgan fingerprint density at radius 3 is 1.93 bits per heavy atom. The molecule has 168 valence electrons. The Morgan fingerprint density at radius 2 is 1.53 bits per heavy atom. The summed E-state index contributed by atoms with van der Waals surface area (Å²) in [5, 5.41) is 0. The molecule has 1 aromatic carbocycles. The summed E-state index contributed by atoms with van der Waals surface area (Å²) in [4.78, 5) is 25.1. The molecule has 2 atom stereocenters. The van der Waals surface area contributed by atoms with Crippen LogP contribution in [0.25, 0.3) is 0 Å². The lowest BCUT2D eigenvalue weighted by Crippen LogP contribution is -2.36. The fourth-order valence-electron chi connectivity index (χ4n) is 2.66. The highest BCUT2D eigenvalue weighted by atomic mass is 19.4. The van der Waals surface area contributed by atoms with Crippen LogP contribution in [0.3, 0.4) is 0 Å².